The SMILES string of the molecule is CCc1ccc(CC(=O)c2ccoc2CC)nc1. The molecule has 2 aromatic rings. The monoisotopic (exact) mass is 243 g/mol. The van der Waals surface area contributed by atoms with Crippen LogP contribution in [0.3, 0.4) is 0 Å². The Morgan fingerprint density at radius 3 is 2.67 bits per heavy atom. The zero-order chi connectivity index (χ0) is 13.0. The summed E-state index contributed by atoms with van der Waals surface area (Å²) in [4.78, 5) is 16.4. The topological polar surface area (TPSA) is 43.1 Å². The van der Waals surface area contributed by atoms with E-state index in [1.807, 2.05) is 25.3 Å². The molecule has 3 nitrogen and oxygen atoms in total. The number of hydrogen-bond donors (Lipinski definition) is 0. The van der Waals surface area contributed by atoms with Crippen molar-refractivity contribution < 1.29 is 9.21 Å². The van der Waals surface area contributed by atoms with Crippen molar-refractivity contribution in [1.82, 2.24) is 4.98 Å². The molecule has 0 radical (unpaired) electrons. The number of aromatic nitrogens is 1. The number of Topliss-reactive ketones (excluding diaryl/α,β-unsaturated/α-hetero) is 1. The van der Waals surface area contributed by atoms with Crippen LogP contribution in [0.5, 0.6) is 0 Å². The van der Waals surface area contributed by atoms with Gasteiger partial charge in [0.05, 0.1) is 18.2 Å². The molecule has 0 amide bonds. The van der Waals surface area contributed by atoms with Crippen LogP contribution in [-0.2, 0) is 19.3 Å². The molecule has 0 aliphatic carbocycles. The molecule has 0 aromatic carbocycles. The van der Waals surface area contributed by atoms with Gasteiger partial charge in [-0.3, -0.25) is 9.78 Å². The standard InChI is InChI=1S/C15H17NO2/c1-3-11-5-6-12(16-10-11)9-14(17)13-7-8-18-15(13)4-2/h5-8,10H,3-4,9H2,1-2H3. The molecule has 0 saturated heterocycles. The third kappa shape index (κ3) is 2.67. The molecule has 0 N–H and O–H groups in total. The Bertz CT molecular complexity index is 526. The van der Waals surface area contributed by atoms with E-state index in [0.717, 1.165) is 24.3 Å². The quantitative estimate of drug-likeness (QED) is 0.757. The summed E-state index contributed by atoms with van der Waals surface area (Å²) in [5.74, 6) is 0.822. The minimum atomic E-state index is 0.0670. The minimum Gasteiger partial charge on any atom is -0.469 e. The average Bonchev–Trinajstić information content (AvgIpc) is 2.88. The fourth-order valence-electron chi connectivity index (χ4n) is 1.89. The molecule has 0 unspecified atom stereocenters. The van der Waals surface area contributed by atoms with Gasteiger partial charge in [0.15, 0.2) is 5.78 Å². The Morgan fingerprint density at radius 1 is 1.22 bits per heavy atom. The highest BCUT2D eigenvalue weighted by Crippen LogP contribution is 2.14. The number of nitrogens with zero attached hydrogens (tertiary/aromatic N) is 1. The Kier molecular flexibility index (Phi) is 3.92. The zero-order valence-electron chi connectivity index (χ0n) is 10.8. The second-order valence-electron chi connectivity index (χ2n) is 4.22. The Morgan fingerprint density at radius 2 is 2.06 bits per heavy atom. The summed E-state index contributed by atoms with van der Waals surface area (Å²) < 4.78 is 5.27. The first kappa shape index (κ1) is 12.6. The first-order valence-corrected chi connectivity index (χ1v) is 6.28. The zero-order valence-corrected chi connectivity index (χ0v) is 10.8. The fourth-order valence-corrected chi connectivity index (χ4v) is 1.89. The number of furan rings is 1. The van der Waals surface area contributed by atoms with Gasteiger partial charge in [0, 0.05) is 18.3 Å². The van der Waals surface area contributed by atoms with Gasteiger partial charge in [-0.15, -0.1) is 0 Å². The van der Waals surface area contributed by atoms with E-state index in [2.05, 4.69) is 11.9 Å². The van der Waals surface area contributed by atoms with Gasteiger partial charge >= 0.3 is 0 Å². The van der Waals surface area contributed by atoms with Crippen LogP contribution in [0.2, 0.25) is 0 Å². The summed E-state index contributed by atoms with van der Waals surface area (Å²) in [5.41, 5.74) is 2.67. The molecule has 3 heteroatoms. The van der Waals surface area contributed by atoms with Gasteiger partial charge < -0.3 is 4.42 Å². The van der Waals surface area contributed by atoms with Crippen LogP contribution in [-0.4, -0.2) is 10.8 Å². The van der Waals surface area contributed by atoms with Crippen molar-refractivity contribution >= 4 is 5.78 Å². The third-order valence-electron chi connectivity index (χ3n) is 3.00. The second-order valence-corrected chi connectivity index (χ2v) is 4.22. The van der Waals surface area contributed by atoms with E-state index in [1.54, 1.807) is 12.3 Å². The van der Waals surface area contributed by atoms with E-state index in [-0.39, 0.29) is 5.78 Å². The predicted octanol–water partition coefficient (Wildman–Crippen LogP) is 3.22. The van der Waals surface area contributed by atoms with Gasteiger partial charge in [0.1, 0.15) is 5.76 Å². The van der Waals surface area contributed by atoms with Crippen LogP contribution < -0.4 is 0 Å². The summed E-state index contributed by atoms with van der Waals surface area (Å²) in [6.07, 6.45) is 5.42. The Hall–Kier alpha value is -1.90. The lowest BCUT2D eigenvalue weighted by Gasteiger charge is -2.02. The molecule has 0 aliphatic heterocycles. The van der Waals surface area contributed by atoms with Gasteiger partial charge in [-0.05, 0) is 24.1 Å². The van der Waals surface area contributed by atoms with Crippen molar-refractivity contribution in [2.24, 2.45) is 0 Å². The third-order valence-corrected chi connectivity index (χ3v) is 3.00. The molecule has 0 fully saturated rings. The molecule has 2 heterocycles. The molecular weight excluding hydrogens is 226 g/mol. The van der Waals surface area contributed by atoms with Crippen molar-refractivity contribution in [2.75, 3.05) is 0 Å². The van der Waals surface area contributed by atoms with Crippen LogP contribution in [0, 0.1) is 0 Å². The lowest BCUT2D eigenvalue weighted by molar-refractivity contribution is 0.0990. The first-order chi connectivity index (χ1) is 8.74. The predicted molar refractivity (Wildman–Crippen MR) is 69.7 cm³/mol. The lowest BCUT2D eigenvalue weighted by Crippen LogP contribution is -2.06. The van der Waals surface area contributed by atoms with Gasteiger partial charge in [0.25, 0.3) is 0 Å². The van der Waals surface area contributed by atoms with Crippen molar-refractivity contribution in [2.45, 2.75) is 33.1 Å². The Balaban J connectivity index is 2.11. The number of pyridine rings is 1. The van der Waals surface area contributed by atoms with Gasteiger partial charge in [0.2, 0.25) is 0 Å². The highest BCUT2D eigenvalue weighted by Gasteiger charge is 2.14. The Labute approximate surface area is 107 Å². The van der Waals surface area contributed by atoms with Crippen LogP contribution in [0.25, 0.3) is 0 Å². The van der Waals surface area contributed by atoms with E-state index < -0.39 is 0 Å². The summed E-state index contributed by atoms with van der Waals surface area (Å²) in [6.45, 7) is 4.06. The maximum atomic E-state index is 12.1. The van der Waals surface area contributed by atoms with Crippen molar-refractivity contribution in [3.8, 4) is 0 Å². The summed E-state index contributed by atoms with van der Waals surface area (Å²) in [7, 11) is 0. The highest BCUT2D eigenvalue weighted by molar-refractivity contribution is 5.98. The molecule has 0 bridgehead atoms. The van der Waals surface area contributed by atoms with E-state index >= 15 is 0 Å². The highest BCUT2D eigenvalue weighted by atomic mass is 16.3. The molecule has 18 heavy (non-hydrogen) atoms. The molecule has 94 valence electrons. The lowest BCUT2D eigenvalue weighted by atomic mass is 10.1. The van der Waals surface area contributed by atoms with Crippen LogP contribution in [0.4, 0.5) is 0 Å². The van der Waals surface area contributed by atoms with E-state index in [9.17, 15) is 4.79 Å². The van der Waals surface area contributed by atoms with Crippen molar-refractivity contribution in [3.05, 3.63) is 53.2 Å². The summed E-state index contributed by atoms with van der Waals surface area (Å²) in [5, 5.41) is 0. The van der Waals surface area contributed by atoms with E-state index in [4.69, 9.17) is 4.42 Å². The largest absolute Gasteiger partial charge is 0.469 e. The number of rotatable bonds is 5. The van der Waals surface area contributed by atoms with E-state index in [0.29, 0.717) is 12.0 Å². The van der Waals surface area contributed by atoms with E-state index in [1.165, 1.54) is 5.56 Å². The molecule has 0 spiro atoms. The van der Waals surface area contributed by atoms with Gasteiger partial charge in [-0.25, -0.2) is 0 Å². The fraction of sp³-hybridized carbons (Fsp3) is 0.333. The summed E-state index contributed by atoms with van der Waals surface area (Å²) >= 11 is 0. The average molecular weight is 243 g/mol. The molecule has 0 atom stereocenters. The summed E-state index contributed by atoms with van der Waals surface area (Å²) in [6, 6.07) is 5.68. The van der Waals surface area contributed by atoms with Crippen molar-refractivity contribution in [3.63, 3.8) is 0 Å². The first-order valence-electron chi connectivity index (χ1n) is 6.28. The number of ketones is 1. The molecular formula is C15H17NO2. The van der Waals surface area contributed by atoms with Crippen molar-refractivity contribution in [1.29, 1.82) is 0 Å². The smallest absolute Gasteiger partial charge is 0.172 e. The molecule has 2 rings (SSSR count). The van der Waals surface area contributed by atoms with Gasteiger partial charge in [-0.1, -0.05) is 19.9 Å². The van der Waals surface area contributed by atoms with Crippen LogP contribution in [0.1, 0.15) is 41.2 Å². The van der Waals surface area contributed by atoms with Crippen LogP contribution >= 0.6 is 0 Å². The van der Waals surface area contributed by atoms with Gasteiger partial charge in [-0.2, -0.15) is 0 Å². The number of aryl methyl sites for hydroxylation is 2. The normalized spacial score (nSPS) is 10.6. The number of carbonyl (C=O) groups is 1. The number of hydrogen-bond acceptors (Lipinski definition) is 3. The maximum absolute atomic E-state index is 12.1. The minimum absolute atomic E-state index is 0.0670. The number of carbonyl (C=O) groups excluding carboxylic acids is 1. The molecule has 2 aromatic heterocycles. The second kappa shape index (κ2) is 5.63. The maximum Gasteiger partial charge on any atom is 0.172 e. The molecule has 0 aliphatic rings. The van der Waals surface area contributed by atoms with Crippen LogP contribution in [0.15, 0.2) is 35.1 Å². The molecule has 0 saturated carbocycles.